The van der Waals surface area contributed by atoms with Gasteiger partial charge in [-0.2, -0.15) is 4.98 Å². The first kappa shape index (κ1) is 20.6. The van der Waals surface area contributed by atoms with Crippen molar-refractivity contribution in [2.75, 3.05) is 11.9 Å². The Morgan fingerprint density at radius 3 is 2.48 bits per heavy atom. The molecule has 3 rings (SSSR count). The number of aryl methyl sites for hydroxylation is 2. The molecule has 0 amide bonds. The summed E-state index contributed by atoms with van der Waals surface area (Å²) < 4.78 is 2.69. The largest absolute Gasteiger partial charge is 0.464 e. The quantitative estimate of drug-likeness (QED) is 0.693. The zero-order valence-corrected chi connectivity index (χ0v) is 17.7. The number of carbonyl (C=O) groups is 1. The summed E-state index contributed by atoms with van der Waals surface area (Å²) in [4.78, 5) is 34.3. The number of hydrogen-bond acceptors (Lipinski definition) is 5. The number of anilines is 1. The second-order valence-electron chi connectivity index (χ2n) is 7.99. The van der Waals surface area contributed by atoms with Crippen LogP contribution in [0.15, 0.2) is 23.1 Å². The van der Waals surface area contributed by atoms with Crippen LogP contribution in [0.4, 0.5) is 10.7 Å². The van der Waals surface area contributed by atoms with Crippen LogP contribution in [-0.2, 0) is 12.0 Å². The minimum absolute atomic E-state index is 0.271. The molecule has 29 heavy (non-hydrogen) atoms. The van der Waals surface area contributed by atoms with E-state index in [4.69, 9.17) is 0 Å². The average molecular weight is 397 g/mol. The summed E-state index contributed by atoms with van der Waals surface area (Å²) in [6.07, 6.45) is 0.365. The number of hydrogen-bond donors (Lipinski definition) is 2. The van der Waals surface area contributed by atoms with Gasteiger partial charge in [-0.3, -0.25) is 13.9 Å². The standard InChI is InChI=1S/C21H27N5O3/c1-7-22-19-23-12(3)13-11-14(18(27)25(8-2)17(13)24-19)16-15(21(4,5)6)9-10-26(16)20(28)29/h9-11H,7-8H2,1-6H3,(H,28,29)(H,22,23,24). The highest BCUT2D eigenvalue weighted by Crippen LogP contribution is 2.34. The second kappa shape index (κ2) is 7.35. The lowest BCUT2D eigenvalue weighted by molar-refractivity contribution is 0.196. The normalized spacial score (nSPS) is 11.8. The van der Waals surface area contributed by atoms with E-state index in [1.165, 1.54) is 6.20 Å². The Morgan fingerprint density at radius 2 is 1.93 bits per heavy atom. The third kappa shape index (κ3) is 3.50. The van der Waals surface area contributed by atoms with E-state index in [9.17, 15) is 14.7 Å². The Morgan fingerprint density at radius 1 is 1.24 bits per heavy atom. The lowest BCUT2D eigenvalue weighted by atomic mass is 9.85. The highest BCUT2D eigenvalue weighted by molar-refractivity contribution is 5.86. The molecule has 0 radical (unpaired) electrons. The van der Waals surface area contributed by atoms with Crippen molar-refractivity contribution in [2.45, 2.75) is 53.5 Å². The maximum absolute atomic E-state index is 13.4. The second-order valence-corrected chi connectivity index (χ2v) is 7.99. The average Bonchev–Trinajstić information content (AvgIpc) is 3.07. The summed E-state index contributed by atoms with van der Waals surface area (Å²) >= 11 is 0. The van der Waals surface area contributed by atoms with Gasteiger partial charge < -0.3 is 10.4 Å². The molecule has 3 aromatic rings. The van der Waals surface area contributed by atoms with Crippen LogP contribution in [0.5, 0.6) is 0 Å². The minimum Gasteiger partial charge on any atom is -0.464 e. The van der Waals surface area contributed by atoms with E-state index in [1.54, 1.807) is 16.7 Å². The molecule has 0 aliphatic heterocycles. The fourth-order valence-electron chi connectivity index (χ4n) is 3.56. The summed E-state index contributed by atoms with van der Waals surface area (Å²) in [5.74, 6) is 0.469. The summed E-state index contributed by atoms with van der Waals surface area (Å²) in [6.45, 7) is 12.7. The maximum atomic E-state index is 13.4. The van der Waals surface area contributed by atoms with Gasteiger partial charge in [0.2, 0.25) is 5.95 Å². The zero-order chi connectivity index (χ0) is 21.5. The molecule has 0 saturated heterocycles. The molecule has 0 aliphatic carbocycles. The Hall–Kier alpha value is -3.16. The molecule has 0 spiro atoms. The van der Waals surface area contributed by atoms with Crippen LogP contribution >= 0.6 is 0 Å². The first-order chi connectivity index (χ1) is 13.6. The highest BCUT2D eigenvalue weighted by atomic mass is 16.4. The van der Waals surface area contributed by atoms with E-state index in [1.807, 2.05) is 41.5 Å². The van der Waals surface area contributed by atoms with Gasteiger partial charge in [0.1, 0.15) is 5.65 Å². The van der Waals surface area contributed by atoms with Crippen molar-refractivity contribution < 1.29 is 9.90 Å². The van der Waals surface area contributed by atoms with Crippen molar-refractivity contribution in [3.8, 4) is 11.3 Å². The van der Waals surface area contributed by atoms with E-state index in [2.05, 4.69) is 15.3 Å². The van der Waals surface area contributed by atoms with E-state index in [0.29, 0.717) is 35.9 Å². The molecule has 8 nitrogen and oxygen atoms in total. The van der Waals surface area contributed by atoms with Crippen molar-refractivity contribution >= 4 is 23.1 Å². The summed E-state index contributed by atoms with van der Waals surface area (Å²) in [7, 11) is 0. The van der Waals surface area contributed by atoms with Crippen LogP contribution in [0, 0.1) is 6.92 Å². The first-order valence-electron chi connectivity index (χ1n) is 9.71. The molecule has 8 heteroatoms. The molecule has 0 bridgehead atoms. The molecule has 0 unspecified atom stereocenters. The van der Waals surface area contributed by atoms with Gasteiger partial charge in [-0.15, -0.1) is 0 Å². The van der Waals surface area contributed by atoms with Crippen LogP contribution in [-0.4, -0.2) is 36.8 Å². The first-order valence-corrected chi connectivity index (χ1v) is 9.71. The number of fused-ring (bicyclic) bond motifs is 1. The van der Waals surface area contributed by atoms with E-state index >= 15 is 0 Å². The third-order valence-corrected chi connectivity index (χ3v) is 4.94. The lowest BCUT2D eigenvalue weighted by Gasteiger charge is -2.21. The summed E-state index contributed by atoms with van der Waals surface area (Å²) in [6, 6.07) is 3.49. The molecule has 0 aliphatic rings. The molecular formula is C21H27N5O3. The Kier molecular flexibility index (Phi) is 5.21. The number of aromatic nitrogens is 4. The van der Waals surface area contributed by atoms with Gasteiger partial charge in [0.15, 0.2) is 0 Å². The number of nitrogens with one attached hydrogen (secondary N) is 1. The van der Waals surface area contributed by atoms with Gasteiger partial charge in [-0.05, 0) is 43.9 Å². The molecule has 0 fully saturated rings. The van der Waals surface area contributed by atoms with Gasteiger partial charge in [0, 0.05) is 24.7 Å². The number of carboxylic acid groups (broad SMARTS) is 1. The van der Waals surface area contributed by atoms with Gasteiger partial charge in [0.25, 0.3) is 5.56 Å². The molecule has 3 heterocycles. The molecule has 2 N–H and O–H groups in total. The predicted octanol–water partition coefficient (Wildman–Crippen LogP) is 3.84. The summed E-state index contributed by atoms with van der Waals surface area (Å²) in [5.41, 5.74) is 2.17. The van der Waals surface area contributed by atoms with Gasteiger partial charge in [0.05, 0.1) is 17.0 Å². The van der Waals surface area contributed by atoms with Gasteiger partial charge in [-0.1, -0.05) is 20.8 Å². The molecule has 0 aromatic carbocycles. The fourth-order valence-corrected chi connectivity index (χ4v) is 3.56. The van der Waals surface area contributed by atoms with Crippen LogP contribution in [0.1, 0.15) is 45.9 Å². The lowest BCUT2D eigenvalue weighted by Crippen LogP contribution is -2.26. The van der Waals surface area contributed by atoms with Crippen LogP contribution in [0.25, 0.3) is 22.3 Å². The number of rotatable bonds is 4. The smallest absolute Gasteiger partial charge is 0.416 e. The fraction of sp³-hybridized carbons (Fsp3) is 0.429. The topological polar surface area (TPSA) is 102 Å². The SMILES string of the molecule is CCNc1nc(C)c2cc(-c3c(C(C)(C)C)ccn3C(=O)O)c(=O)n(CC)c2n1. The van der Waals surface area contributed by atoms with Crippen LogP contribution in [0.3, 0.4) is 0 Å². The predicted molar refractivity (Wildman–Crippen MR) is 114 cm³/mol. The van der Waals surface area contributed by atoms with Crippen molar-refractivity contribution in [2.24, 2.45) is 0 Å². The highest BCUT2D eigenvalue weighted by Gasteiger charge is 2.27. The van der Waals surface area contributed by atoms with Gasteiger partial charge in [-0.25, -0.2) is 9.78 Å². The third-order valence-electron chi connectivity index (χ3n) is 4.94. The molecule has 154 valence electrons. The number of pyridine rings is 1. The van der Waals surface area contributed by atoms with Crippen molar-refractivity contribution in [1.29, 1.82) is 0 Å². The van der Waals surface area contributed by atoms with E-state index < -0.39 is 6.09 Å². The van der Waals surface area contributed by atoms with Crippen molar-refractivity contribution in [3.05, 3.63) is 39.9 Å². The van der Waals surface area contributed by atoms with Crippen molar-refractivity contribution in [3.63, 3.8) is 0 Å². The minimum atomic E-state index is -1.13. The summed E-state index contributed by atoms with van der Waals surface area (Å²) in [5, 5.41) is 13.5. The molecule has 3 aromatic heterocycles. The Balaban J connectivity index is 2.44. The molecular weight excluding hydrogens is 370 g/mol. The monoisotopic (exact) mass is 397 g/mol. The van der Waals surface area contributed by atoms with E-state index in [-0.39, 0.29) is 11.0 Å². The molecule has 0 saturated carbocycles. The van der Waals surface area contributed by atoms with E-state index in [0.717, 1.165) is 21.2 Å². The van der Waals surface area contributed by atoms with Crippen LogP contribution in [0.2, 0.25) is 0 Å². The maximum Gasteiger partial charge on any atom is 0.416 e. The Labute approximate surface area is 169 Å². The van der Waals surface area contributed by atoms with Gasteiger partial charge >= 0.3 is 6.09 Å². The molecule has 0 atom stereocenters. The number of nitrogens with zero attached hydrogens (tertiary/aromatic N) is 4. The van der Waals surface area contributed by atoms with Crippen molar-refractivity contribution in [1.82, 2.24) is 19.1 Å². The Bertz CT molecular complexity index is 1150. The zero-order valence-electron chi connectivity index (χ0n) is 17.7. The van der Waals surface area contributed by atoms with Crippen LogP contribution < -0.4 is 10.9 Å².